The quantitative estimate of drug-likeness (QED) is 0.922. The van der Waals surface area contributed by atoms with E-state index in [-0.39, 0.29) is 11.7 Å². The van der Waals surface area contributed by atoms with E-state index in [0.29, 0.717) is 24.6 Å². The summed E-state index contributed by atoms with van der Waals surface area (Å²) in [5.74, 6) is 0.0529. The molecule has 4 nitrogen and oxygen atoms in total. The summed E-state index contributed by atoms with van der Waals surface area (Å²) in [6.07, 6.45) is 4.56. The minimum atomic E-state index is -0.333. The third kappa shape index (κ3) is 4.13. The first kappa shape index (κ1) is 15.6. The number of rotatable bonds is 5. The van der Waals surface area contributed by atoms with E-state index in [4.69, 9.17) is 0 Å². The fraction of sp³-hybridized carbons (Fsp3) is 0.333. The topological polar surface area (TPSA) is 45.2 Å². The lowest BCUT2D eigenvalue weighted by Gasteiger charge is -2.25. The summed E-state index contributed by atoms with van der Waals surface area (Å²) in [7, 11) is 0. The van der Waals surface area contributed by atoms with Crippen LogP contribution in [0.25, 0.3) is 0 Å². The number of aromatic nitrogens is 1. The maximum atomic E-state index is 13.1. The molecule has 0 bridgehead atoms. The van der Waals surface area contributed by atoms with Crippen LogP contribution in [-0.4, -0.2) is 35.4 Å². The lowest BCUT2D eigenvalue weighted by molar-refractivity contribution is 0.0718. The Morgan fingerprint density at radius 2 is 2.13 bits per heavy atom. The Morgan fingerprint density at radius 3 is 2.78 bits per heavy atom. The van der Waals surface area contributed by atoms with Gasteiger partial charge in [0.25, 0.3) is 5.91 Å². The van der Waals surface area contributed by atoms with Gasteiger partial charge in [0.1, 0.15) is 5.82 Å². The number of hydrogen-bond donors (Lipinski definition) is 1. The normalized spacial score (nSPS) is 17.2. The molecule has 3 rings (SSSR count). The van der Waals surface area contributed by atoms with E-state index in [0.717, 1.165) is 25.1 Å². The van der Waals surface area contributed by atoms with Crippen molar-refractivity contribution in [2.75, 3.05) is 19.6 Å². The predicted molar refractivity (Wildman–Crippen MR) is 86.4 cm³/mol. The van der Waals surface area contributed by atoms with Crippen molar-refractivity contribution in [3.63, 3.8) is 0 Å². The third-order valence-corrected chi connectivity index (χ3v) is 4.12. The van der Waals surface area contributed by atoms with Crippen LogP contribution in [0.4, 0.5) is 4.39 Å². The van der Waals surface area contributed by atoms with Gasteiger partial charge in [-0.1, -0.05) is 6.07 Å². The average Bonchev–Trinajstić information content (AvgIpc) is 3.08. The molecule has 5 heteroatoms. The molecule has 1 atom stereocenters. The molecule has 1 aromatic carbocycles. The molecule has 1 aromatic heterocycles. The smallest absolute Gasteiger partial charge is 0.254 e. The zero-order valence-corrected chi connectivity index (χ0v) is 12.9. The van der Waals surface area contributed by atoms with Crippen LogP contribution in [0.3, 0.4) is 0 Å². The zero-order chi connectivity index (χ0) is 16.1. The second kappa shape index (κ2) is 7.33. The van der Waals surface area contributed by atoms with E-state index in [1.54, 1.807) is 24.5 Å². The summed E-state index contributed by atoms with van der Waals surface area (Å²) in [5, 5.41) is 3.33. The number of pyridine rings is 1. The Hall–Kier alpha value is -2.27. The molecule has 1 aliphatic rings. The highest BCUT2D eigenvalue weighted by Crippen LogP contribution is 2.16. The lowest BCUT2D eigenvalue weighted by Crippen LogP contribution is -2.35. The Bertz CT molecular complexity index is 639. The van der Waals surface area contributed by atoms with E-state index >= 15 is 0 Å². The van der Waals surface area contributed by atoms with Gasteiger partial charge in [-0.2, -0.15) is 0 Å². The molecule has 2 aromatic rings. The van der Waals surface area contributed by atoms with E-state index in [1.165, 1.54) is 12.1 Å². The number of benzene rings is 1. The Balaban J connectivity index is 1.78. The maximum Gasteiger partial charge on any atom is 0.254 e. The molecule has 1 amide bonds. The summed E-state index contributed by atoms with van der Waals surface area (Å²) >= 11 is 0. The zero-order valence-electron chi connectivity index (χ0n) is 12.9. The van der Waals surface area contributed by atoms with E-state index in [2.05, 4.69) is 10.3 Å². The van der Waals surface area contributed by atoms with Crippen LogP contribution in [0.15, 0.2) is 48.8 Å². The number of hydrogen-bond acceptors (Lipinski definition) is 3. The molecule has 1 fully saturated rings. The molecule has 23 heavy (non-hydrogen) atoms. The Labute approximate surface area is 135 Å². The van der Waals surface area contributed by atoms with Gasteiger partial charge in [-0.3, -0.25) is 9.78 Å². The molecule has 0 aliphatic carbocycles. The van der Waals surface area contributed by atoms with Gasteiger partial charge >= 0.3 is 0 Å². The van der Waals surface area contributed by atoms with Crippen LogP contribution in [-0.2, 0) is 6.54 Å². The van der Waals surface area contributed by atoms with Gasteiger partial charge in [0.2, 0.25) is 0 Å². The van der Waals surface area contributed by atoms with Gasteiger partial charge in [0.15, 0.2) is 0 Å². The van der Waals surface area contributed by atoms with Gasteiger partial charge in [0.05, 0.1) is 0 Å². The largest absolute Gasteiger partial charge is 0.334 e. The van der Waals surface area contributed by atoms with Crippen molar-refractivity contribution in [2.45, 2.75) is 13.0 Å². The van der Waals surface area contributed by atoms with Crippen molar-refractivity contribution >= 4 is 5.91 Å². The lowest BCUT2D eigenvalue weighted by atomic mass is 10.1. The summed E-state index contributed by atoms with van der Waals surface area (Å²) in [6, 6.07) is 9.57. The third-order valence-electron chi connectivity index (χ3n) is 4.12. The molecular weight excluding hydrogens is 293 g/mol. The van der Waals surface area contributed by atoms with Gasteiger partial charge < -0.3 is 10.2 Å². The van der Waals surface area contributed by atoms with E-state index in [1.807, 2.05) is 17.0 Å². The Kier molecular flexibility index (Phi) is 4.98. The highest BCUT2D eigenvalue weighted by molar-refractivity contribution is 5.94. The fourth-order valence-corrected chi connectivity index (χ4v) is 2.89. The van der Waals surface area contributed by atoms with Crippen molar-refractivity contribution in [3.8, 4) is 0 Å². The fourth-order valence-electron chi connectivity index (χ4n) is 2.89. The number of carbonyl (C=O) groups is 1. The first-order valence-electron chi connectivity index (χ1n) is 7.87. The molecule has 1 saturated heterocycles. The minimum absolute atomic E-state index is 0.0687. The Morgan fingerprint density at radius 1 is 1.30 bits per heavy atom. The minimum Gasteiger partial charge on any atom is -0.334 e. The highest BCUT2D eigenvalue weighted by atomic mass is 19.1. The van der Waals surface area contributed by atoms with Crippen LogP contribution in [0, 0.1) is 11.7 Å². The molecule has 1 aliphatic heterocycles. The van der Waals surface area contributed by atoms with Crippen LogP contribution in [0.1, 0.15) is 22.3 Å². The average molecular weight is 313 g/mol. The number of amides is 1. The van der Waals surface area contributed by atoms with Gasteiger partial charge in [-0.05, 0) is 61.3 Å². The molecular formula is C18H20FN3O. The molecule has 1 N–H and O–H groups in total. The first-order chi connectivity index (χ1) is 11.2. The number of carbonyl (C=O) groups excluding carboxylic acids is 1. The second-order valence-electron chi connectivity index (χ2n) is 5.91. The number of nitrogens with zero attached hydrogens (tertiary/aromatic N) is 2. The molecule has 0 radical (unpaired) electrons. The van der Waals surface area contributed by atoms with E-state index in [9.17, 15) is 9.18 Å². The van der Waals surface area contributed by atoms with Gasteiger partial charge in [0, 0.05) is 31.0 Å². The van der Waals surface area contributed by atoms with Crippen LogP contribution >= 0.6 is 0 Å². The van der Waals surface area contributed by atoms with Crippen LogP contribution in [0.5, 0.6) is 0 Å². The second-order valence-corrected chi connectivity index (χ2v) is 5.91. The first-order valence-corrected chi connectivity index (χ1v) is 7.87. The maximum absolute atomic E-state index is 13.1. The van der Waals surface area contributed by atoms with Crippen molar-refractivity contribution < 1.29 is 9.18 Å². The highest BCUT2D eigenvalue weighted by Gasteiger charge is 2.23. The summed E-state index contributed by atoms with van der Waals surface area (Å²) in [5.41, 5.74) is 1.51. The van der Waals surface area contributed by atoms with Crippen LogP contribution < -0.4 is 5.32 Å². The van der Waals surface area contributed by atoms with Crippen LogP contribution in [0.2, 0.25) is 0 Å². The summed E-state index contributed by atoms with van der Waals surface area (Å²) < 4.78 is 13.1. The van der Waals surface area contributed by atoms with Crippen molar-refractivity contribution in [3.05, 3.63) is 65.7 Å². The standard InChI is InChI=1S/C18H20FN3O/c19-17-5-3-16(4-6-17)18(23)22(13-15-7-9-21-11-15)12-14-2-1-8-20-10-14/h1-6,8,10,15,21H,7,9,11-13H2/t15-/m0/s1. The summed E-state index contributed by atoms with van der Waals surface area (Å²) in [6.45, 7) is 3.13. The predicted octanol–water partition coefficient (Wildman–Crippen LogP) is 2.47. The molecule has 0 saturated carbocycles. The number of halogens is 1. The van der Waals surface area contributed by atoms with Gasteiger partial charge in [-0.15, -0.1) is 0 Å². The molecule has 120 valence electrons. The number of nitrogens with one attached hydrogen (secondary N) is 1. The van der Waals surface area contributed by atoms with Crippen molar-refractivity contribution in [2.24, 2.45) is 5.92 Å². The van der Waals surface area contributed by atoms with E-state index < -0.39 is 0 Å². The molecule has 0 unspecified atom stereocenters. The monoisotopic (exact) mass is 313 g/mol. The SMILES string of the molecule is O=C(c1ccc(F)cc1)N(Cc1cccnc1)C[C@H]1CCNC1. The van der Waals surface area contributed by atoms with Crippen molar-refractivity contribution in [1.82, 2.24) is 15.2 Å². The summed E-state index contributed by atoms with van der Waals surface area (Å²) in [4.78, 5) is 18.8. The van der Waals surface area contributed by atoms with Crippen molar-refractivity contribution in [1.29, 1.82) is 0 Å². The molecule has 2 heterocycles. The van der Waals surface area contributed by atoms with Gasteiger partial charge in [-0.25, -0.2) is 4.39 Å². The molecule has 0 spiro atoms.